The van der Waals surface area contributed by atoms with E-state index < -0.39 is 6.10 Å². The van der Waals surface area contributed by atoms with Gasteiger partial charge in [0.15, 0.2) is 5.13 Å². The van der Waals surface area contributed by atoms with Crippen LogP contribution in [-0.2, 0) is 22.4 Å². The molecule has 2 aromatic heterocycles. The van der Waals surface area contributed by atoms with Crippen LogP contribution in [0.15, 0.2) is 24.4 Å². The highest BCUT2D eigenvalue weighted by molar-refractivity contribution is 7.15. The Hall–Kier alpha value is -2.03. The van der Waals surface area contributed by atoms with Crippen LogP contribution in [0.1, 0.15) is 55.8 Å². The molecule has 2 N–H and O–H groups in total. The standard InChI is InChI=1S/C27H38N4O3S/c1-17(25(33)31-12-14-34-15-13-31)20-7-9-27(3)16-21-23(18(2)22(27)24(20)32)30-26(35-21)29-11-8-19-6-4-5-10-28-19/h4-6,10,17-18,20,22,24,32H,7-9,11-16H2,1-3H3,(H,29,30)/t17-,18-,20?,22+,24-,27-/m0/s1. The summed E-state index contributed by atoms with van der Waals surface area (Å²) in [5, 5.41) is 16.1. The Bertz CT molecular complexity index is 1020. The van der Waals surface area contributed by atoms with Gasteiger partial charge in [0.05, 0.1) is 25.0 Å². The van der Waals surface area contributed by atoms with Crippen molar-refractivity contribution in [2.45, 2.75) is 58.5 Å². The molecule has 1 saturated carbocycles. The summed E-state index contributed by atoms with van der Waals surface area (Å²) in [4.78, 5) is 25.9. The number of hydrogen-bond acceptors (Lipinski definition) is 7. The van der Waals surface area contributed by atoms with Gasteiger partial charge in [-0.3, -0.25) is 9.78 Å². The number of nitrogens with zero attached hydrogens (tertiary/aromatic N) is 3. The number of aliphatic hydroxyl groups is 1. The van der Waals surface area contributed by atoms with Crippen LogP contribution < -0.4 is 5.32 Å². The zero-order valence-electron chi connectivity index (χ0n) is 21.1. The Kier molecular flexibility index (Phi) is 7.15. The fourth-order valence-corrected chi connectivity index (χ4v) is 8.01. The molecular formula is C27H38N4O3S. The van der Waals surface area contributed by atoms with Gasteiger partial charge in [0.2, 0.25) is 5.91 Å². The second kappa shape index (κ2) is 10.1. The van der Waals surface area contributed by atoms with Crippen molar-refractivity contribution in [2.24, 2.45) is 23.2 Å². The summed E-state index contributed by atoms with van der Waals surface area (Å²) in [6.07, 6.45) is 5.06. The van der Waals surface area contributed by atoms with Crippen LogP contribution in [0.5, 0.6) is 0 Å². The number of amides is 1. The molecule has 2 aliphatic carbocycles. The lowest BCUT2D eigenvalue weighted by Crippen LogP contribution is -2.54. The molecule has 3 aliphatic rings. The number of aromatic nitrogens is 2. The summed E-state index contributed by atoms with van der Waals surface area (Å²) in [7, 11) is 0. The van der Waals surface area contributed by atoms with Gasteiger partial charge in [0.25, 0.3) is 0 Å². The lowest BCUT2D eigenvalue weighted by atomic mass is 9.53. The molecule has 2 fully saturated rings. The van der Waals surface area contributed by atoms with Crippen molar-refractivity contribution in [2.75, 3.05) is 38.2 Å². The van der Waals surface area contributed by atoms with E-state index in [-0.39, 0.29) is 35.0 Å². The second-order valence-corrected chi connectivity index (χ2v) is 12.0. The predicted octanol–water partition coefficient (Wildman–Crippen LogP) is 3.74. The summed E-state index contributed by atoms with van der Waals surface area (Å²) in [6, 6.07) is 6.00. The van der Waals surface area contributed by atoms with Gasteiger partial charge in [-0.1, -0.05) is 26.8 Å². The molecule has 0 aromatic carbocycles. The Labute approximate surface area is 212 Å². The van der Waals surface area contributed by atoms with Gasteiger partial charge < -0.3 is 20.1 Å². The minimum atomic E-state index is -0.501. The molecule has 35 heavy (non-hydrogen) atoms. The van der Waals surface area contributed by atoms with Crippen LogP contribution in [0, 0.1) is 23.2 Å². The maximum atomic E-state index is 13.2. The average Bonchev–Trinajstić information content (AvgIpc) is 3.27. The quantitative estimate of drug-likeness (QED) is 0.631. The number of carbonyl (C=O) groups excluding carboxylic acids is 1. The van der Waals surface area contributed by atoms with Crippen molar-refractivity contribution < 1.29 is 14.6 Å². The van der Waals surface area contributed by atoms with E-state index in [0.29, 0.717) is 26.3 Å². The Morgan fingerprint density at radius 2 is 2.17 bits per heavy atom. The molecule has 1 amide bonds. The van der Waals surface area contributed by atoms with Crippen LogP contribution in [0.2, 0.25) is 0 Å². The average molecular weight is 499 g/mol. The first kappa shape index (κ1) is 24.7. The Morgan fingerprint density at radius 1 is 1.37 bits per heavy atom. The van der Waals surface area contributed by atoms with Crippen LogP contribution >= 0.6 is 11.3 Å². The highest BCUT2D eigenvalue weighted by Gasteiger charge is 2.54. The molecule has 7 nitrogen and oxygen atoms in total. The number of fused-ring (bicyclic) bond motifs is 2. The van der Waals surface area contributed by atoms with Crippen molar-refractivity contribution in [3.05, 3.63) is 40.7 Å². The summed E-state index contributed by atoms with van der Waals surface area (Å²) in [5.74, 6) is 0.243. The third kappa shape index (κ3) is 4.85. The van der Waals surface area contributed by atoms with E-state index in [9.17, 15) is 9.90 Å². The maximum absolute atomic E-state index is 13.2. The van der Waals surface area contributed by atoms with Crippen molar-refractivity contribution in [1.29, 1.82) is 0 Å². The van der Waals surface area contributed by atoms with E-state index in [2.05, 4.69) is 24.1 Å². The number of anilines is 1. The fourth-order valence-electron chi connectivity index (χ4n) is 6.72. The molecule has 0 radical (unpaired) electrons. The van der Waals surface area contributed by atoms with Gasteiger partial charge in [-0.05, 0) is 48.6 Å². The maximum Gasteiger partial charge on any atom is 0.225 e. The number of nitrogens with one attached hydrogen (secondary N) is 1. The summed E-state index contributed by atoms with van der Waals surface area (Å²) >= 11 is 1.76. The SMILES string of the molecule is C[C@H](C(=O)N1CCOCC1)C1CC[C@@]2(C)Cc3sc(NCCc4ccccn4)nc3[C@@H](C)[C@@H]2[C@H]1O. The summed E-state index contributed by atoms with van der Waals surface area (Å²) in [6.45, 7) is 9.88. The van der Waals surface area contributed by atoms with Gasteiger partial charge in [0, 0.05) is 54.7 Å². The number of rotatable bonds is 6. The van der Waals surface area contributed by atoms with Gasteiger partial charge in [0.1, 0.15) is 0 Å². The number of carbonyl (C=O) groups is 1. The molecule has 0 bridgehead atoms. The van der Waals surface area contributed by atoms with Crippen molar-refractivity contribution in [3.63, 3.8) is 0 Å². The zero-order chi connectivity index (χ0) is 24.6. The third-order valence-electron chi connectivity index (χ3n) is 8.66. The van der Waals surface area contributed by atoms with E-state index in [0.717, 1.165) is 48.7 Å². The third-order valence-corrected chi connectivity index (χ3v) is 9.69. The minimum Gasteiger partial charge on any atom is -0.392 e. The molecule has 1 aliphatic heterocycles. The van der Waals surface area contributed by atoms with Crippen LogP contribution in [0.3, 0.4) is 0 Å². The number of ether oxygens (including phenoxy) is 1. The number of pyridine rings is 1. The van der Waals surface area contributed by atoms with Gasteiger partial charge >= 0.3 is 0 Å². The molecular weight excluding hydrogens is 460 g/mol. The largest absolute Gasteiger partial charge is 0.392 e. The first-order chi connectivity index (χ1) is 16.9. The van der Waals surface area contributed by atoms with Gasteiger partial charge in [-0.2, -0.15) is 0 Å². The smallest absolute Gasteiger partial charge is 0.225 e. The lowest BCUT2D eigenvalue weighted by Gasteiger charge is -2.53. The molecule has 8 heteroatoms. The molecule has 3 heterocycles. The van der Waals surface area contributed by atoms with Crippen molar-refractivity contribution in [3.8, 4) is 0 Å². The number of morpholine rings is 1. The van der Waals surface area contributed by atoms with E-state index in [1.807, 2.05) is 36.2 Å². The van der Waals surface area contributed by atoms with Crippen LogP contribution in [-0.4, -0.2) is 64.8 Å². The first-order valence-electron chi connectivity index (χ1n) is 13.1. The topological polar surface area (TPSA) is 87.6 Å². The fraction of sp³-hybridized carbons (Fsp3) is 0.667. The van der Waals surface area contributed by atoms with E-state index in [4.69, 9.17) is 9.72 Å². The highest BCUT2D eigenvalue weighted by Crippen LogP contribution is 2.57. The first-order valence-corrected chi connectivity index (χ1v) is 13.9. The van der Waals surface area contributed by atoms with Crippen LogP contribution in [0.25, 0.3) is 0 Å². The second-order valence-electron chi connectivity index (χ2n) is 10.9. The van der Waals surface area contributed by atoms with Crippen LogP contribution in [0.4, 0.5) is 5.13 Å². The van der Waals surface area contributed by atoms with Gasteiger partial charge in [-0.15, -0.1) is 11.3 Å². The Balaban J connectivity index is 1.28. The number of aliphatic hydroxyl groups excluding tert-OH is 1. The normalized spacial score (nSPS) is 31.4. The summed E-state index contributed by atoms with van der Waals surface area (Å²) in [5.41, 5.74) is 2.23. The minimum absolute atomic E-state index is 0.0120. The molecule has 5 rings (SSSR count). The lowest BCUT2D eigenvalue weighted by molar-refractivity contribution is -0.148. The van der Waals surface area contributed by atoms with E-state index in [1.54, 1.807) is 11.3 Å². The van der Waals surface area contributed by atoms with E-state index in [1.165, 1.54) is 4.88 Å². The molecule has 1 unspecified atom stereocenters. The predicted molar refractivity (Wildman–Crippen MR) is 138 cm³/mol. The Morgan fingerprint density at radius 3 is 2.91 bits per heavy atom. The molecule has 190 valence electrons. The van der Waals surface area contributed by atoms with Crippen molar-refractivity contribution >= 4 is 22.4 Å². The summed E-state index contributed by atoms with van der Waals surface area (Å²) < 4.78 is 5.42. The van der Waals surface area contributed by atoms with Gasteiger partial charge in [-0.25, -0.2) is 4.98 Å². The molecule has 6 atom stereocenters. The van der Waals surface area contributed by atoms with Crippen molar-refractivity contribution in [1.82, 2.24) is 14.9 Å². The molecule has 0 spiro atoms. The van der Waals surface area contributed by atoms with E-state index >= 15 is 0 Å². The molecule has 1 saturated heterocycles. The number of hydrogen-bond donors (Lipinski definition) is 2. The monoisotopic (exact) mass is 498 g/mol. The highest BCUT2D eigenvalue weighted by atomic mass is 32.1. The molecule has 2 aromatic rings. The zero-order valence-corrected chi connectivity index (χ0v) is 21.9. The number of thiazole rings is 1.